The van der Waals surface area contributed by atoms with E-state index in [0.717, 1.165) is 13.8 Å². The van der Waals surface area contributed by atoms with Crippen molar-refractivity contribution in [2.75, 3.05) is 6.61 Å². The molecule has 1 fully saturated rings. The van der Waals surface area contributed by atoms with Crippen molar-refractivity contribution in [1.82, 2.24) is 4.72 Å². The molecule has 0 bridgehead atoms. The standard InChI is InChI=1S/C18H25NO22S3.4Na/c1-6(20)35-9-4-10(16(23)24)38-18(14(9)41-44(31,32)33)40-13-11(5-34-43(28,29)30)39-17(37-8(3)22)12(19-42(25,26)27)15(13)36-7(2)21;;;;/h4,9,11-15,17-19H,5H2,1-3H3,(H,23,24)(H,25,26,27)(H,28,29,30)(H,31,32,33);;;;/q;4*+1/p-4/t9-,11+,12+,13+,14+,15+,17-,18-;;;;/m0..../s1. The molecule has 0 aromatic rings. The molecule has 0 aromatic carbocycles. The molecule has 2 heterocycles. The second kappa shape index (κ2) is 22.2. The zero-order chi connectivity index (χ0) is 33.8. The minimum atomic E-state index is -5.78. The fourth-order valence-electron chi connectivity index (χ4n) is 3.78. The molecule has 1 saturated heterocycles. The average Bonchev–Trinajstić information content (AvgIpc) is 2.80. The molecule has 252 valence electrons. The summed E-state index contributed by atoms with van der Waals surface area (Å²) in [7, 11) is -16.9. The van der Waals surface area contributed by atoms with Gasteiger partial charge in [-0.25, -0.2) is 30.0 Å². The molecule has 48 heavy (non-hydrogen) atoms. The van der Waals surface area contributed by atoms with Crippen molar-refractivity contribution in [3.05, 3.63) is 11.8 Å². The summed E-state index contributed by atoms with van der Waals surface area (Å²) < 4.78 is 143. The Hall–Kier alpha value is 0.950. The Morgan fingerprint density at radius 2 is 1.29 bits per heavy atom. The molecule has 30 heteroatoms. The molecule has 0 aromatic heterocycles. The third kappa shape index (κ3) is 18.6. The van der Waals surface area contributed by atoms with E-state index in [9.17, 15) is 63.2 Å². The Labute approximate surface area is 361 Å². The van der Waals surface area contributed by atoms with Gasteiger partial charge in [-0.15, -0.1) is 0 Å². The minimum Gasteiger partial charge on any atom is -0.735 e. The van der Waals surface area contributed by atoms with E-state index in [1.54, 1.807) is 0 Å². The Bertz CT molecular complexity index is 1490. The predicted molar refractivity (Wildman–Crippen MR) is 121 cm³/mol. The fraction of sp³-hybridized carbons (Fsp3) is 0.667. The minimum absolute atomic E-state index is 0. The van der Waals surface area contributed by atoms with Gasteiger partial charge in [-0.05, 0) is 0 Å². The van der Waals surface area contributed by atoms with Gasteiger partial charge in [-0.1, -0.05) is 0 Å². The van der Waals surface area contributed by atoms with Crippen LogP contribution in [0.3, 0.4) is 0 Å². The molecule has 2 rings (SSSR count). The fourth-order valence-corrected chi connectivity index (χ4v) is 5.13. The molecule has 0 spiro atoms. The van der Waals surface area contributed by atoms with Crippen LogP contribution in [0.1, 0.15) is 20.8 Å². The second-order valence-electron chi connectivity index (χ2n) is 8.47. The largest absolute Gasteiger partial charge is 1.00 e. The summed E-state index contributed by atoms with van der Waals surface area (Å²) in [5.74, 6) is -7.12. The molecular formula is C18H21NNa4O22S3. The van der Waals surface area contributed by atoms with E-state index < -0.39 is 116 Å². The normalized spacial score (nSPS) is 27.0. The van der Waals surface area contributed by atoms with Crippen LogP contribution in [-0.4, -0.2) is 119 Å². The second-order valence-corrected chi connectivity index (χ2v) is 11.7. The molecule has 8 atom stereocenters. The molecule has 0 aliphatic carbocycles. The van der Waals surface area contributed by atoms with Crippen LogP contribution in [0.15, 0.2) is 11.8 Å². The predicted octanol–water partition coefficient (Wildman–Crippen LogP) is -17.7. The third-order valence-corrected chi connectivity index (χ3v) is 6.51. The van der Waals surface area contributed by atoms with Gasteiger partial charge in [0.2, 0.25) is 33.4 Å². The number of carboxylic acids is 1. The van der Waals surface area contributed by atoms with Crippen molar-refractivity contribution >= 4 is 55.0 Å². The van der Waals surface area contributed by atoms with Crippen molar-refractivity contribution in [3.63, 3.8) is 0 Å². The van der Waals surface area contributed by atoms with Crippen LogP contribution >= 0.6 is 0 Å². The number of hydrogen-bond acceptors (Lipinski definition) is 22. The van der Waals surface area contributed by atoms with Crippen molar-refractivity contribution in [1.29, 1.82) is 0 Å². The smallest absolute Gasteiger partial charge is 0.735 e. The van der Waals surface area contributed by atoms with Gasteiger partial charge in [0.25, 0.3) is 0 Å². The van der Waals surface area contributed by atoms with Gasteiger partial charge < -0.3 is 52.0 Å². The van der Waals surface area contributed by atoms with Crippen LogP contribution in [0.4, 0.5) is 0 Å². The number of aliphatic carboxylic acids is 1. The van der Waals surface area contributed by atoms with E-state index in [2.05, 4.69) is 8.37 Å². The van der Waals surface area contributed by atoms with Crippen molar-refractivity contribution in [3.8, 4) is 0 Å². The van der Waals surface area contributed by atoms with Gasteiger partial charge in [0.15, 0.2) is 28.6 Å². The number of ether oxygens (including phenoxy) is 6. The summed E-state index contributed by atoms with van der Waals surface area (Å²) in [6, 6.07) is -2.28. The molecule has 0 amide bonds. The Morgan fingerprint density at radius 1 is 0.771 bits per heavy atom. The first-order valence-electron chi connectivity index (χ1n) is 11.4. The van der Waals surface area contributed by atoms with Gasteiger partial charge in [0.05, 0.1) is 6.61 Å². The first kappa shape index (κ1) is 53.3. The number of rotatable bonds is 13. The maximum atomic E-state index is 12.0. The molecule has 23 nitrogen and oxygen atoms in total. The van der Waals surface area contributed by atoms with Crippen LogP contribution in [0.5, 0.6) is 0 Å². The van der Waals surface area contributed by atoms with Gasteiger partial charge in [-0.2, -0.15) is 0 Å². The molecule has 0 saturated carbocycles. The summed E-state index contributed by atoms with van der Waals surface area (Å²) in [6.07, 6.45) is -15.8. The van der Waals surface area contributed by atoms with Crippen LogP contribution in [0, 0.1) is 0 Å². The number of esters is 3. The summed E-state index contributed by atoms with van der Waals surface area (Å²) in [6.45, 7) is 0.799. The zero-order valence-electron chi connectivity index (χ0n) is 26.1. The van der Waals surface area contributed by atoms with E-state index in [-0.39, 0.29) is 118 Å². The summed E-state index contributed by atoms with van der Waals surface area (Å²) in [4.78, 5) is 46.8. The first-order chi connectivity index (χ1) is 20.0. The van der Waals surface area contributed by atoms with Gasteiger partial charge in [-0.3, -0.25) is 22.7 Å². The number of hydrogen-bond donors (Lipinski definition) is 1. The van der Waals surface area contributed by atoms with Crippen molar-refractivity contribution < 1.29 is 218 Å². The third-order valence-electron chi connectivity index (χ3n) is 5.06. The zero-order valence-corrected chi connectivity index (χ0v) is 36.6. The van der Waals surface area contributed by atoms with Crippen LogP contribution in [0.2, 0.25) is 0 Å². The van der Waals surface area contributed by atoms with Crippen LogP contribution < -0.4 is 128 Å². The number of carboxylic acid groups (broad SMARTS) is 1. The van der Waals surface area contributed by atoms with Gasteiger partial charge in [0.1, 0.15) is 30.0 Å². The molecule has 2 aliphatic heterocycles. The average molecular weight is 792 g/mol. The number of carbonyl (C=O) groups is 4. The van der Waals surface area contributed by atoms with E-state index in [0.29, 0.717) is 13.0 Å². The Kier molecular flexibility index (Phi) is 24.7. The van der Waals surface area contributed by atoms with E-state index in [4.69, 9.17) is 28.4 Å². The molecule has 0 radical (unpaired) electrons. The van der Waals surface area contributed by atoms with Crippen molar-refractivity contribution in [2.24, 2.45) is 0 Å². The maximum Gasteiger partial charge on any atom is 1.00 e. The SMILES string of the molecule is CC(=O)O[C@H]1O[C@H](COS(=O)(=O)[O-])[C@@H](O[C@@H]2OC(C(=O)[O-])=C[C@H](OC(C)=O)[C@H]2OS(=O)(=O)[O-])[C@H](OC(C)=O)[C@H]1NS(=O)(=O)[O-].[Na+].[Na+].[Na+].[Na+]. The Morgan fingerprint density at radius 3 is 1.71 bits per heavy atom. The van der Waals surface area contributed by atoms with Crippen LogP contribution in [0.25, 0.3) is 0 Å². The summed E-state index contributed by atoms with van der Waals surface area (Å²) in [5.41, 5.74) is 0. The maximum absolute atomic E-state index is 12.0. The summed E-state index contributed by atoms with van der Waals surface area (Å²) in [5, 5.41) is 11.6. The van der Waals surface area contributed by atoms with E-state index in [1.165, 1.54) is 4.72 Å². The molecule has 1 N–H and O–H groups in total. The van der Waals surface area contributed by atoms with E-state index in [1.807, 2.05) is 0 Å². The molecule has 2 aliphatic rings. The Balaban J connectivity index is -0.00000506. The van der Waals surface area contributed by atoms with Crippen molar-refractivity contribution in [2.45, 2.75) is 69.9 Å². The number of carbonyl (C=O) groups excluding carboxylic acids is 4. The van der Waals surface area contributed by atoms with Gasteiger partial charge in [0, 0.05) is 26.8 Å². The van der Waals surface area contributed by atoms with Gasteiger partial charge >= 0.3 is 136 Å². The summed E-state index contributed by atoms with van der Waals surface area (Å²) >= 11 is 0. The van der Waals surface area contributed by atoms with Crippen LogP contribution in [-0.2, 0) is 87.1 Å². The molecular weight excluding hydrogens is 770 g/mol. The monoisotopic (exact) mass is 791 g/mol. The first-order valence-corrected chi connectivity index (χ1v) is 15.4. The topological polar surface area (TPSA) is 349 Å². The molecule has 0 unspecified atom stereocenters. The number of nitrogens with one attached hydrogen (secondary N) is 1. The quantitative estimate of drug-likeness (QED) is 0.0595. The van der Waals surface area contributed by atoms with E-state index >= 15 is 0 Å².